The van der Waals surface area contributed by atoms with Gasteiger partial charge in [-0.15, -0.1) is 0 Å². The van der Waals surface area contributed by atoms with Gasteiger partial charge in [-0.25, -0.2) is 0 Å². The first kappa shape index (κ1) is 38.8. The molecule has 0 rings (SSSR count). The Kier molecular flexibility index (Phi) is 27.8. The van der Waals surface area contributed by atoms with Crippen LogP contribution in [-0.4, -0.2) is 147 Å². The third-order valence-electron chi connectivity index (χ3n) is 5.97. The number of hydrogen-bond acceptors (Lipinski definition) is 11. The van der Waals surface area contributed by atoms with Crippen molar-refractivity contribution in [2.45, 2.75) is 38.9 Å². The van der Waals surface area contributed by atoms with Crippen molar-refractivity contribution in [2.24, 2.45) is 0 Å². The Hall–Kier alpha value is -0.223. The summed E-state index contributed by atoms with van der Waals surface area (Å²) in [5.41, 5.74) is 0. The molecule has 0 aliphatic rings. The molecule has 0 amide bonds. The SMILES string of the molecule is CNCCOCCOCCOCCOCCOCCOCCOCCOCCOCCO[Si](C)(C)C(C)(C)C. The minimum atomic E-state index is -1.69. The van der Waals surface area contributed by atoms with E-state index in [1.54, 1.807) is 0 Å². The van der Waals surface area contributed by atoms with Crippen molar-refractivity contribution in [1.29, 1.82) is 0 Å². The van der Waals surface area contributed by atoms with Crippen molar-refractivity contribution in [3.8, 4) is 0 Å². The van der Waals surface area contributed by atoms with Crippen molar-refractivity contribution >= 4 is 8.32 Å². The van der Waals surface area contributed by atoms with E-state index < -0.39 is 8.32 Å². The highest BCUT2D eigenvalue weighted by Gasteiger charge is 2.36. The predicted octanol–water partition coefficient (Wildman–Crippen LogP) is 2.38. The van der Waals surface area contributed by atoms with Crippen molar-refractivity contribution in [3.63, 3.8) is 0 Å². The summed E-state index contributed by atoms with van der Waals surface area (Å²) in [6.07, 6.45) is 0. The van der Waals surface area contributed by atoms with Crippen LogP contribution in [0.5, 0.6) is 0 Å². The van der Waals surface area contributed by atoms with Crippen LogP contribution in [0.2, 0.25) is 18.1 Å². The zero-order chi connectivity index (χ0) is 28.9. The standard InChI is InChI=1S/C27H59NO10Si/c1-27(2,3)39(5,6)38-26-25-37-24-23-36-22-21-35-20-19-34-18-17-33-16-15-32-14-13-31-12-11-30-10-9-29-8-7-28-4/h28H,7-26H2,1-6H3. The highest BCUT2D eigenvalue weighted by Crippen LogP contribution is 2.36. The molecule has 11 nitrogen and oxygen atoms in total. The van der Waals surface area contributed by atoms with E-state index in [1.165, 1.54) is 0 Å². The van der Waals surface area contributed by atoms with Gasteiger partial charge in [0.25, 0.3) is 0 Å². The summed E-state index contributed by atoms with van der Waals surface area (Å²) in [6, 6.07) is 0. The van der Waals surface area contributed by atoms with E-state index in [0.29, 0.717) is 126 Å². The van der Waals surface area contributed by atoms with E-state index in [1.807, 2.05) is 7.05 Å². The van der Waals surface area contributed by atoms with Crippen LogP contribution in [0.15, 0.2) is 0 Å². The van der Waals surface area contributed by atoms with E-state index in [4.69, 9.17) is 47.1 Å². The summed E-state index contributed by atoms with van der Waals surface area (Å²) in [7, 11) is 0.210. The van der Waals surface area contributed by atoms with Crippen LogP contribution in [0.1, 0.15) is 20.8 Å². The minimum absolute atomic E-state index is 0.222. The normalized spacial score (nSPS) is 12.5. The molecule has 0 bridgehead atoms. The second-order valence-electron chi connectivity index (χ2n) is 10.2. The first-order chi connectivity index (χ1) is 18.8. The lowest BCUT2D eigenvalue weighted by molar-refractivity contribution is -0.0253. The van der Waals surface area contributed by atoms with Crippen LogP contribution in [0, 0.1) is 0 Å². The quantitative estimate of drug-likeness (QED) is 0.0958. The zero-order valence-corrected chi connectivity index (χ0v) is 26.7. The second kappa shape index (κ2) is 27.9. The number of rotatable bonds is 31. The fourth-order valence-electron chi connectivity index (χ4n) is 2.61. The van der Waals surface area contributed by atoms with E-state index in [0.717, 1.165) is 6.54 Å². The molecule has 0 aromatic heterocycles. The molecule has 0 aromatic rings. The predicted molar refractivity (Wildman–Crippen MR) is 154 cm³/mol. The van der Waals surface area contributed by atoms with E-state index in [-0.39, 0.29) is 5.04 Å². The molecule has 1 N–H and O–H groups in total. The van der Waals surface area contributed by atoms with E-state index in [2.05, 4.69) is 39.2 Å². The summed E-state index contributed by atoms with van der Waals surface area (Å²) in [6.45, 7) is 22.7. The van der Waals surface area contributed by atoms with Crippen LogP contribution >= 0.6 is 0 Å². The molecule has 0 aliphatic carbocycles. The van der Waals surface area contributed by atoms with Crippen molar-refractivity contribution in [1.82, 2.24) is 5.32 Å². The molecule has 0 aromatic carbocycles. The molecular formula is C27H59NO10Si. The summed E-state index contributed by atoms with van der Waals surface area (Å²) in [4.78, 5) is 0. The van der Waals surface area contributed by atoms with Gasteiger partial charge in [0.15, 0.2) is 8.32 Å². The lowest BCUT2D eigenvalue weighted by Gasteiger charge is -2.36. The molecule has 0 atom stereocenters. The van der Waals surface area contributed by atoms with Crippen molar-refractivity contribution < 1.29 is 47.1 Å². The third-order valence-corrected chi connectivity index (χ3v) is 10.5. The first-order valence-corrected chi connectivity index (χ1v) is 17.2. The molecule has 39 heavy (non-hydrogen) atoms. The third kappa shape index (κ3) is 27.7. The van der Waals surface area contributed by atoms with Gasteiger partial charge in [-0.2, -0.15) is 0 Å². The average Bonchev–Trinajstić information content (AvgIpc) is 2.89. The van der Waals surface area contributed by atoms with Crippen LogP contribution in [-0.2, 0) is 47.1 Å². The molecule has 12 heteroatoms. The van der Waals surface area contributed by atoms with Gasteiger partial charge < -0.3 is 52.4 Å². The smallest absolute Gasteiger partial charge is 0.192 e. The van der Waals surface area contributed by atoms with Crippen molar-refractivity contribution in [2.75, 3.05) is 139 Å². The zero-order valence-electron chi connectivity index (χ0n) is 25.7. The molecule has 0 radical (unpaired) electrons. The first-order valence-electron chi connectivity index (χ1n) is 14.3. The van der Waals surface area contributed by atoms with Gasteiger partial charge in [0, 0.05) is 6.54 Å². The Morgan fingerprint density at radius 1 is 0.410 bits per heavy atom. The molecule has 236 valence electrons. The molecular weight excluding hydrogens is 526 g/mol. The number of nitrogens with one attached hydrogen (secondary N) is 1. The highest BCUT2D eigenvalue weighted by atomic mass is 28.4. The Morgan fingerprint density at radius 2 is 0.641 bits per heavy atom. The van der Waals surface area contributed by atoms with Gasteiger partial charge >= 0.3 is 0 Å². The minimum Gasteiger partial charge on any atom is -0.414 e. The van der Waals surface area contributed by atoms with Crippen LogP contribution in [0.25, 0.3) is 0 Å². The molecule has 0 spiro atoms. The maximum atomic E-state index is 6.07. The summed E-state index contributed by atoms with van der Waals surface area (Å²) in [5, 5.41) is 3.24. The molecule has 0 aliphatic heterocycles. The van der Waals surface area contributed by atoms with Crippen LogP contribution in [0.4, 0.5) is 0 Å². The van der Waals surface area contributed by atoms with E-state index >= 15 is 0 Å². The van der Waals surface area contributed by atoms with Crippen LogP contribution < -0.4 is 5.32 Å². The second-order valence-corrected chi connectivity index (χ2v) is 15.0. The van der Waals surface area contributed by atoms with Gasteiger partial charge in [-0.05, 0) is 25.2 Å². The average molecular weight is 586 g/mol. The lowest BCUT2D eigenvalue weighted by Crippen LogP contribution is -2.41. The van der Waals surface area contributed by atoms with Crippen LogP contribution in [0.3, 0.4) is 0 Å². The van der Waals surface area contributed by atoms with Gasteiger partial charge in [-0.1, -0.05) is 20.8 Å². The lowest BCUT2D eigenvalue weighted by atomic mass is 10.2. The Bertz CT molecular complexity index is 498. The molecule has 0 fully saturated rings. The summed E-state index contributed by atoms with van der Waals surface area (Å²) >= 11 is 0. The maximum Gasteiger partial charge on any atom is 0.192 e. The highest BCUT2D eigenvalue weighted by molar-refractivity contribution is 6.74. The van der Waals surface area contributed by atoms with Gasteiger partial charge in [0.1, 0.15) is 0 Å². The Balaban J connectivity index is 3.13. The topological polar surface area (TPSA) is 104 Å². The fourth-order valence-corrected chi connectivity index (χ4v) is 3.63. The van der Waals surface area contributed by atoms with Gasteiger partial charge in [-0.3, -0.25) is 0 Å². The van der Waals surface area contributed by atoms with Gasteiger partial charge in [0.05, 0.1) is 126 Å². The van der Waals surface area contributed by atoms with E-state index in [9.17, 15) is 0 Å². The van der Waals surface area contributed by atoms with Gasteiger partial charge in [0.2, 0.25) is 0 Å². The number of ether oxygens (including phenoxy) is 9. The van der Waals surface area contributed by atoms with Crippen molar-refractivity contribution in [3.05, 3.63) is 0 Å². The number of hydrogen-bond donors (Lipinski definition) is 1. The summed E-state index contributed by atoms with van der Waals surface area (Å²) < 4.78 is 55.3. The molecule has 0 saturated carbocycles. The fraction of sp³-hybridized carbons (Fsp3) is 1.00. The monoisotopic (exact) mass is 585 g/mol. The molecule has 0 unspecified atom stereocenters. The molecule has 0 heterocycles. The summed E-state index contributed by atoms with van der Waals surface area (Å²) in [5.74, 6) is 0. The Morgan fingerprint density at radius 3 is 0.872 bits per heavy atom. The maximum absolute atomic E-state index is 6.07. The number of likely N-dealkylation sites (N-methyl/N-ethyl adjacent to an activating group) is 1. The largest absolute Gasteiger partial charge is 0.414 e. The molecule has 0 saturated heterocycles. The Labute approximate surface area is 238 Å².